The van der Waals surface area contributed by atoms with E-state index in [1.165, 1.54) is 0 Å². The molecule has 3 rings (SSSR count). The molecule has 0 aliphatic carbocycles. The van der Waals surface area contributed by atoms with Gasteiger partial charge in [0.25, 0.3) is 5.91 Å². The zero-order valence-electron chi connectivity index (χ0n) is 16.5. The van der Waals surface area contributed by atoms with E-state index < -0.39 is 42.2 Å². The number of benzene rings is 2. The van der Waals surface area contributed by atoms with Crippen LogP contribution in [0.15, 0.2) is 60.8 Å². The highest BCUT2D eigenvalue weighted by Gasteiger charge is 2.28. The van der Waals surface area contributed by atoms with Crippen LogP contribution in [0, 0.1) is 0 Å². The van der Waals surface area contributed by atoms with Crippen molar-refractivity contribution in [3.05, 3.63) is 71.9 Å². The van der Waals surface area contributed by atoms with Crippen molar-refractivity contribution in [1.82, 2.24) is 15.6 Å². The quantitative estimate of drug-likeness (QED) is 0.347. The number of H-pyrrole nitrogens is 1. The highest BCUT2D eigenvalue weighted by atomic mass is 16.4. The van der Waals surface area contributed by atoms with Crippen molar-refractivity contribution in [1.29, 1.82) is 0 Å². The fourth-order valence-corrected chi connectivity index (χ4v) is 3.23. The molecule has 0 saturated heterocycles. The minimum absolute atomic E-state index is 0.108. The monoisotopic (exact) mass is 422 g/mol. The Hall–Kier alpha value is -4.14. The number of fused-ring (bicyclic) bond motifs is 1. The molecule has 1 heterocycles. The highest BCUT2D eigenvalue weighted by molar-refractivity contribution is 5.98. The molecule has 0 fully saturated rings. The molecule has 0 aliphatic heterocycles. The van der Waals surface area contributed by atoms with Gasteiger partial charge in [0.1, 0.15) is 12.1 Å². The number of nitrogens with one attached hydrogen (secondary N) is 3. The van der Waals surface area contributed by atoms with E-state index in [0.29, 0.717) is 5.56 Å². The summed E-state index contributed by atoms with van der Waals surface area (Å²) in [6, 6.07) is 13.2. The molecule has 3 aromatic rings. The van der Waals surface area contributed by atoms with Crippen LogP contribution < -0.4 is 16.4 Å². The highest BCUT2D eigenvalue weighted by Crippen LogP contribution is 2.19. The van der Waals surface area contributed by atoms with Crippen LogP contribution in [0.1, 0.15) is 22.3 Å². The van der Waals surface area contributed by atoms with Gasteiger partial charge in [0.05, 0.1) is 6.42 Å². The standard InChI is InChI=1S/C22H22N4O5/c23-19(27)11-18(22(30)31)26-21(29)17(25-20(28)13-6-2-1-3-7-13)10-14-12-24-16-9-5-4-8-15(14)16/h1-9,12,17-18,24H,10-11H2,(H2,23,27)(H,25,28)(H,26,29)(H,30,31)/t17-,18-/m0/s1. The molecule has 160 valence electrons. The van der Waals surface area contributed by atoms with E-state index >= 15 is 0 Å². The zero-order valence-corrected chi connectivity index (χ0v) is 16.5. The van der Waals surface area contributed by atoms with Gasteiger partial charge in [-0.3, -0.25) is 14.4 Å². The Balaban J connectivity index is 1.85. The van der Waals surface area contributed by atoms with Gasteiger partial charge in [-0.05, 0) is 23.8 Å². The zero-order chi connectivity index (χ0) is 22.4. The van der Waals surface area contributed by atoms with E-state index in [4.69, 9.17) is 5.73 Å². The van der Waals surface area contributed by atoms with Gasteiger partial charge < -0.3 is 26.5 Å². The van der Waals surface area contributed by atoms with Gasteiger partial charge in [0, 0.05) is 29.1 Å². The number of aromatic nitrogens is 1. The third kappa shape index (κ3) is 5.47. The lowest BCUT2D eigenvalue weighted by Crippen LogP contribution is -2.53. The molecule has 6 N–H and O–H groups in total. The Kier molecular flexibility index (Phi) is 6.66. The van der Waals surface area contributed by atoms with Crippen LogP contribution in [0.3, 0.4) is 0 Å². The molecule has 0 radical (unpaired) electrons. The van der Waals surface area contributed by atoms with Gasteiger partial charge in [-0.25, -0.2) is 4.79 Å². The second-order valence-corrected chi connectivity index (χ2v) is 7.03. The average Bonchev–Trinajstić information content (AvgIpc) is 3.16. The number of aromatic amines is 1. The molecule has 2 aromatic carbocycles. The second-order valence-electron chi connectivity index (χ2n) is 7.03. The first-order valence-electron chi connectivity index (χ1n) is 9.57. The molecule has 0 unspecified atom stereocenters. The van der Waals surface area contributed by atoms with E-state index in [1.54, 1.807) is 36.5 Å². The maximum absolute atomic E-state index is 12.9. The second kappa shape index (κ2) is 9.57. The van der Waals surface area contributed by atoms with E-state index in [1.807, 2.05) is 24.3 Å². The molecule has 0 bridgehead atoms. The van der Waals surface area contributed by atoms with Crippen LogP contribution >= 0.6 is 0 Å². The van der Waals surface area contributed by atoms with Crippen molar-refractivity contribution < 1.29 is 24.3 Å². The minimum Gasteiger partial charge on any atom is -0.480 e. The van der Waals surface area contributed by atoms with Crippen molar-refractivity contribution in [2.24, 2.45) is 5.73 Å². The van der Waals surface area contributed by atoms with E-state index in [0.717, 1.165) is 16.5 Å². The lowest BCUT2D eigenvalue weighted by atomic mass is 10.0. The average molecular weight is 422 g/mol. The first-order valence-corrected chi connectivity index (χ1v) is 9.57. The number of carbonyl (C=O) groups excluding carboxylic acids is 3. The number of hydrogen-bond donors (Lipinski definition) is 5. The summed E-state index contributed by atoms with van der Waals surface area (Å²) >= 11 is 0. The SMILES string of the molecule is NC(=O)C[C@H](NC(=O)[C@H](Cc1c[nH]c2ccccc12)NC(=O)c1ccccc1)C(=O)O. The Labute approximate surface area is 177 Å². The van der Waals surface area contributed by atoms with Crippen molar-refractivity contribution >= 4 is 34.6 Å². The molecule has 2 atom stereocenters. The topological polar surface area (TPSA) is 154 Å². The number of nitrogens with two attached hydrogens (primary N) is 1. The maximum Gasteiger partial charge on any atom is 0.326 e. The lowest BCUT2D eigenvalue weighted by molar-refractivity contribution is -0.143. The summed E-state index contributed by atoms with van der Waals surface area (Å²) in [5, 5.41) is 15.1. The smallest absolute Gasteiger partial charge is 0.326 e. The largest absolute Gasteiger partial charge is 0.480 e. The van der Waals surface area contributed by atoms with Crippen LogP contribution in [0.5, 0.6) is 0 Å². The number of carbonyl (C=O) groups is 4. The number of para-hydroxylation sites is 1. The summed E-state index contributed by atoms with van der Waals surface area (Å²) < 4.78 is 0. The number of aliphatic carboxylic acids is 1. The maximum atomic E-state index is 12.9. The Bertz CT molecular complexity index is 1110. The summed E-state index contributed by atoms with van der Waals surface area (Å²) in [6.07, 6.45) is 1.28. The predicted octanol–water partition coefficient (Wildman–Crippen LogP) is 0.954. The number of primary amides is 1. The van der Waals surface area contributed by atoms with Crippen molar-refractivity contribution in [2.45, 2.75) is 24.9 Å². The van der Waals surface area contributed by atoms with Crippen LogP contribution in [-0.2, 0) is 20.8 Å². The molecule has 0 spiro atoms. The number of carboxylic acid groups (broad SMARTS) is 1. The normalized spacial score (nSPS) is 12.6. The number of amides is 3. The van der Waals surface area contributed by atoms with Crippen molar-refractivity contribution in [3.63, 3.8) is 0 Å². The van der Waals surface area contributed by atoms with Gasteiger partial charge in [0.2, 0.25) is 11.8 Å². The van der Waals surface area contributed by atoms with Gasteiger partial charge in [0.15, 0.2) is 0 Å². The van der Waals surface area contributed by atoms with Crippen molar-refractivity contribution in [2.75, 3.05) is 0 Å². The third-order valence-electron chi connectivity index (χ3n) is 4.78. The van der Waals surface area contributed by atoms with Crippen LogP contribution in [-0.4, -0.2) is 45.9 Å². The first kappa shape index (κ1) is 21.6. The van der Waals surface area contributed by atoms with Crippen LogP contribution in [0.4, 0.5) is 0 Å². The van der Waals surface area contributed by atoms with Crippen molar-refractivity contribution in [3.8, 4) is 0 Å². The molecule has 1 aromatic heterocycles. The molecule has 3 amide bonds. The van der Waals surface area contributed by atoms with Gasteiger partial charge in [-0.2, -0.15) is 0 Å². The third-order valence-corrected chi connectivity index (χ3v) is 4.78. The Morgan fingerprint density at radius 1 is 0.935 bits per heavy atom. The van der Waals surface area contributed by atoms with E-state index in [2.05, 4.69) is 15.6 Å². The Morgan fingerprint density at radius 3 is 2.29 bits per heavy atom. The summed E-state index contributed by atoms with van der Waals surface area (Å²) in [6.45, 7) is 0. The summed E-state index contributed by atoms with van der Waals surface area (Å²) in [5.41, 5.74) is 7.07. The van der Waals surface area contributed by atoms with Gasteiger partial charge >= 0.3 is 5.97 Å². The summed E-state index contributed by atoms with van der Waals surface area (Å²) in [7, 11) is 0. The molecule has 31 heavy (non-hydrogen) atoms. The molecule has 0 saturated carbocycles. The number of carboxylic acids is 1. The molecule has 9 nitrogen and oxygen atoms in total. The number of rotatable bonds is 9. The molecular weight excluding hydrogens is 400 g/mol. The lowest BCUT2D eigenvalue weighted by Gasteiger charge is -2.21. The molecule has 0 aliphatic rings. The van der Waals surface area contributed by atoms with Gasteiger partial charge in [-0.1, -0.05) is 36.4 Å². The first-order chi connectivity index (χ1) is 14.8. The molecular formula is C22H22N4O5. The summed E-state index contributed by atoms with van der Waals surface area (Å²) in [5.74, 6) is -3.48. The molecule has 9 heteroatoms. The van der Waals surface area contributed by atoms with E-state index in [-0.39, 0.29) is 6.42 Å². The van der Waals surface area contributed by atoms with Gasteiger partial charge in [-0.15, -0.1) is 0 Å². The fourth-order valence-electron chi connectivity index (χ4n) is 3.23. The number of hydrogen-bond acceptors (Lipinski definition) is 4. The van der Waals surface area contributed by atoms with Crippen LogP contribution in [0.25, 0.3) is 10.9 Å². The van der Waals surface area contributed by atoms with E-state index in [9.17, 15) is 24.3 Å². The summed E-state index contributed by atoms with van der Waals surface area (Å²) in [4.78, 5) is 51.3. The minimum atomic E-state index is -1.50. The van der Waals surface area contributed by atoms with Crippen LogP contribution in [0.2, 0.25) is 0 Å². The predicted molar refractivity (Wildman–Crippen MR) is 113 cm³/mol. The fraction of sp³-hybridized carbons (Fsp3) is 0.182. The Morgan fingerprint density at radius 2 is 1.61 bits per heavy atom.